The van der Waals surface area contributed by atoms with Crippen molar-refractivity contribution in [2.75, 3.05) is 5.73 Å². The Balaban J connectivity index is 2.46. The maximum absolute atomic E-state index is 12.0. The molecule has 0 radical (unpaired) electrons. The minimum atomic E-state index is -0.250. The molecule has 0 aliphatic rings. The third-order valence-corrected chi connectivity index (χ3v) is 3.03. The summed E-state index contributed by atoms with van der Waals surface area (Å²) in [6.45, 7) is 4.15. The van der Waals surface area contributed by atoms with E-state index in [1.165, 1.54) is 4.68 Å². The van der Waals surface area contributed by atoms with Crippen LogP contribution in [0.5, 0.6) is 0 Å². The number of hydrogen-bond acceptors (Lipinski definition) is 3. The lowest BCUT2D eigenvalue weighted by molar-refractivity contribution is 0.627. The average Bonchev–Trinajstić information content (AvgIpc) is 2.58. The molecule has 6 heteroatoms. The summed E-state index contributed by atoms with van der Waals surface area (Å²) in [5.41, 5.74) is 6.60. The summed E-state index contributed by atoms with van der Waals surface area (Å²) >= 11 is 3.30. The summed E-state index contributed by atoms with van der Waals surface area (Å²) in [4.78, 5) is 16.2. The molecule has 0 aliphatic carbocycles. The van der Waals surface area contributed by atoms with Gasteiger partial charge in [-0.25, -0.2) is 4.98 Å². The second-order valence-electron chi connectivity index (χ2n) is 4.58. The van der Waals surface area contributed by atoms with Crippen LogP contribution in [0.1, 0.15) is 19.5 Å². The Morgan fingerprint density at radius 1 is 1.50 bits per heavy atom. The molecule has 0 amide bonds. The Morgan fingerprint density at radius 2 is 2.22 bits per heavy atom. The highest BCUT2D eigenvalue weighted by Gasteiger charge is 2.13. The molecule has 2 aromatic heterocycles. The highest BCUT2D eigenvalue weighted by molar-refractivity contribution is 9.10. The number of nitrogens with zero attached hydrogens (tertiary/aromatic N) is 2. The van der Waals surface area contributed by atoms with Gasteiger partial charge < -0.3 is 5.73 Å². The fraction of sp³-hybridized carbons (Fsp3) is 0.333. The van der Waals surface area contributed by atoms with E-state index >= 15 is 0 Å². The number of anilines is 1. The van der Waals surface area contributed by atoms with Crippen LogP contribution in [0, 0.1) is 5.92 Å². The van der Waals surface area contributed by atoms with E-state index in [0.29, 0.717) is 11.7 Å². The third kappa shape index (κ3) is 2.48. The minimum absolute atomic E-state index is 0.250. The molecule has 0 aliphatic heterocycles. The van der Waals surface area contributed by atoms with E-state index in [9.17, 15) is 4.79 Å². The molecule has 2 rings (SSSR count). The number of nitrogens with one attached hydrogen (secondary N) is 1. The minimum Gasteiger partial charge on any atom is -0.393 e. The van der Waals surface area contributed by atoms with E-state index in [-0.39, 0.29) is 11.2 Å². The highest BCUT2D eigenvalue weighted by atomic mass is 79.9. The van der Waals surface area contributed by atoms with Gasteiger partial charge in [0.15, 0.2) is 5.82 Å². The first kappa shape index (κ1) is 12.9. The number of aromatic amines is 1. The molecule has 18 heavy (non-hydrogen) atoms. The quantitative estimate of drug-likeness (QED) is 0.911. The Kier molecular flexibility index (Phi) is 3.56. The maximum Gasteiger partial charge on any atom is 0.296 e. The van der Waals surface area contributed by atoms with Crippen LogP contribution in [0.2, 0.25) is 0 Å². The first-order chi connectivity index (χ1) is 8.49. The van der Waals surface area contributed by atoms with Gasteiger partial charge in [-0.3, -0.25) is 9.89 Å². The van der Waals surface area contributed by atoms with Crippen LogP contribution in [0.3, 0.4) is 0 Å². The number of nitrogens with two attached hydrogens (primary N) is 1. The van der Waals surface area contributed by atoms with E-state index in [0.717, 1.165) is 16.6 Å². The standard InChI is InChI=1S/C12H15BrN4O/c1-7(2)5-9-11(14)12(18)17(16-9)10-4-3-8(13)6-15-10/h3-4,6-7,16H,5,14H2,1-2H3. The van der Waals surface area contributed by atoms with Crippen molar-refractivity contribution in [2.24, 2.45) is 5.92 Å². The molecule has 0 saturated heterocycles. The molecule has 0 spiro atoms. The zero-order chi connectivity index (χ0) is 13.3. The Hall–Kier alpha value is -1.56. The second kappa shape index (κ2) is 4.97. The summed E-state index contributed by atoms with van der Waals surface area (Å²) in [6, 6.07) is 3.58. The van der Waals surface area contributed by atoms with Gasteiger partial charge in [-0.05, 0) is 40.4 Å². The normalized spacial score (nSPS) is 11.1. The molecule has 2 heterocycles. The fourth-order valence-corrected chi connectivity index (χ4v) is 1.96. The molecule has 0 fully saturated rings. The third-order valence-electron chi connectivity index (χ3n) is 2.56. The largest absolute Gasteiger partial charge is 0.393 e. The van der Waals surface area contributed by atoms with Crippen LogP contribution >= 0.6 is 15.9 Å². The summed E-state index contributed by atoms with van der Waals surface area (Å²) in [6.07, 6.45) is 2.38. The molecule has 5 nitrogen and oxygen atoms in total. The molecular weight excluding hydrogens is 296 g/mol. The Morgan fingerprint density at radius 3 is 2.78 bits per heavy atom. The van der Waals surface area contributed by atoms with E-state index < -0.39 is 0 Å². The van der Waals surface area contributed by atoms with Crippen molar-refractivity contribution in [3.8, 4) is 5.82 Å². The number of hydrogen-bond donors (Lipinski definition) is 2. The summed E-state index contributed by atoms with van der Waals surface area (Å²) in [5.74, 6) is 0.960. The molecule has 0 bridgehead atoms. The average molecular weight is 311 g/mol. The van der Waals surface area contributed by atoms with Crippen molar-refractivity contribution >= 4 is 21.6 Å². The van der Waals surface area contributed by atoms with Crippen LogP contribution in [0.15, 0.2) is 27.6 Å². The van der Waals surface area contributed by atoms with Crippen LogP contribution < -0.4 is 11.3 Å². The Labute approximate surface area is 113 Å². The van der Waals surface area contributed by atoms with Gasteiger partial charge in [0, 0.05) is 10.7 Å². The molecular formula is C12H15BrN4O. The van der Waals surface area contributed by atoms with E-state index in [2.05, 4.69) is 39.9 Å². The lowest BCUT2D eigenvalue weighted by atomic mass is 10.1. The summed E-state index contributed by atoms with van der Waals surface area (Å²) in [5, 5.41) is 3.02. The van der Waals surface area contributed by atoms with Crippen LogP contribution in [0.25, 0.3) is 5.82 Å². The van der Waals surface area contributed by atoms with Gasteiger partial charge in [0.2, 0.25) is 0 Å². The monoisotopic (exact) mass is 310 g/mol. The van der Waals surface area contributed by atoms with Crippen LogP contribution in [0.4, 0.5) is 5.69 Å². The molecule has 3 N–H and O–H groups in total. The van der Waals surface area contributed by atoms with Crippen molar-refractivity contribution in [3.63, 3.8) is 0 Å². The van der Waals surface area contributed by atoms with Gasteiger partial charge in [-0.2, -0.15) is 4.68 Å². The number of pyridine rings is 1. The predicted octanol–water partition coefficient (Wildman–Crippen LogP) is 2.10. The number of H-pyrrole nitrogens is 1. The predicted molar refractivity (Wildman–Crippen MR) is 74.8 cm³/mol. The van der Waals surface area contributed by atoms with Gasteiger partial charge in [0.05, 0.1) is 5.69 Å². The van der Waals surface area contributed by atoms with Crippen molar-refractivity contribution in [1.29, 1.82) is 0 Å². The first-order valence-corrected chi connectivity index (χ1v) is 6.49. The zero-order valence-electron chi connectivity index (χ0n) is 10.3. The van der Waals surface area contributed by atoms with Crippen molar-refractivity contribution < 1.29 is 0 Å². The fourth-order valence-electron chi connectivity index (χ4n) is 1.72. The summed E-state index contributed by atoms with van der Waals surface area (Å²) in [7, 11) is 0. The van der Waals surface area contributed by atoms with Crippen LogP contribution in [-0.2, 0) is 6.42 Å². The molecule has 0 atom stereocenters. The smallest absolute Gasteiger partial charge is 0.296 e. The number of halogens is 1. The van der Waals surface area contributed by atoms with E-state index in [1.54, 1.807) is 12.3 Å². The maximum atomic E-state index is 12.0. The molecule has 0 unspecified atom stereocenters. The molecule has 0 saturated carbocycles. The van der Waals surface area contributed by atoms with Crippen molar-refractivity contribution in [1.82, 2.24) is 14.8 Å². The van der Waals surface area contributed by atoms with E-state index in [1.807, 2.05) is 6.07 Å². The van der Waals surface area contributed by atoms with Gasteiger partial charge in [-0.1, -0.05) is 13.8 Å². The first-order valence-electron chi connectivity index (χ1n) is 5.70. The zero-order valence-corrected chi connectivity index (χ0v) is 11.9. The van der Waals surface area contributed by atoms with Gasteiger partial charge in [0.1, 0.15) is 5.69 Å². The summed E-state index contributed by atoms with van der Waals surface area (Å²) < 4.78 is 2.24. The molecule has 2 aromatic rings. The van der Waals surface area contributed by atoms with Crippen LogP contribution in [-0.4, -0.2) is 14.8 Å². The lowest BCUT2D eigenvalue weighted by Crippen LogP contribution is -2.17. The number of aromatic nitrogens is 3. The SMILES string of the molecule is CC(C)Cc1[nH]n(-c2ccc(Br)cn2)c(=O)c1N. The number of rotatable bonds is 3. The van der Waals surface area contributed by atoms with Crippen molar-refractivity contribution in [2.45, 2.75) is 20.3 Å². The van der Waals surface area contributed by atoms with Gasteiger partial charge >= 0.3 is 0 Å². The molecule has 0 aromatic carbocycles. The number of nitrogen functional groups attached to an aromatic ring is 1. The highest BCUT2D eigenvalue weighted by Crippen LogP contribution is 2.13. The molecule has 96 valence electrons. The van der Waals surface area contributed by atoms with Gasteiger partial charge in [-0.15, -0.1) is 0 Å². The van der Waals surface area contributed by atoms with E-state index in [4.69, 9.17) is 5.73 Å². The second-order valence-corrected chi connectivity index (χ2v) is 5.49. The van der Waals surface area contributed by atoms with Gasteiger partial charge in [0.25, 0.3) is 5.56 Å². The topological polar surface area (TPSA) is 76.7 Å². The Bertz CT molecular complexity index is 598. The van der Waals surface area contributed by atoms with Crippen molar-refractivity contribution in [3.05, 3.63) is 38.9 Å². The lowest BCUT2D eigenvalue weighted by Gasteiger charge is -2.03.